The maximum atomic E-state index is 11.9. The van der Waals surface area contributed by atoms with Crippen molar-refractivity contribution in [3.05, 3.63) is 23.8 Å². The van der Waals surface area contributed by atoms with Crippen LogP contribution in [0.15, 0.2) is 18.2 Å². The summed E-state index contributed by atoms with van der Waals surface area (Å²) in [5.74, 6) is -5.04. The van der Waals surface area contributed by atoms with Crippen molar-refractivity contribution in [2.24, 2.45) is 5.92 Å². The van der Waals surface area contributed by atoms with Gasteiger partial charge < -0.3 is 10.4 Å². The van der Waals surface area contributed by atoms with Crippen molar-refractivity contribution in [1.82, 2.24) is 10.6 Å². The maximum Gasteiger partial charge on any atom is 0.328 e. The van der Waals surface area contributed by atoms with Crippen molar-refractivity contribution in [3.8, 4) is 11.8 Å². The molecule has 1 aliphatic rings. The van der Waals surface area contributed by atoms with Crippen molar-refractivity contribution in [2.75, 3.05) is 5.32 Å². The number of phenolic OH excluding ortho intramolecular Hbond substituents is 1. The van der Waals surface area contributed by atoms with Gasteiger partial charge in [-0.05, 0) is 18.2 Å². The summed E-state index contributed by atoms with van der Waals surface area (Å²) in [4.78, 5) is 45.7. The lowest BCUT2D eigenvalue weighted by atomic mass is 10.1. The third kappa shape index (κ3) is 2.79. The molecule has 21 heavy (non-hydrogen) atoms. The summed E-state index contributed by atoms with van der Waals surface area (Å²) >= 11 is 0. The molecule has 106 valence electrons. The van der Waals surface area contributed by atoms with Crippen molar-refractivity contribution < 1.29 is 24.3 Å². The third-order valence-electron chi connectivity index (χ3n) is 2.64. The van der Waals surface area contributed by atoms with Crippen LogP contribution in [0.2, 0.25) is 0 Å². The van der Waals surface area contributed by atoms with Crippen LogP contribution in [0, 0.1) is 17.2 Å². The van der Waals surface area contributed by atoms with Gasteiger partial charge in [0.2, 0.25) is 17.7 Å². The van der Waals surface area contributed by atoms with Gasteiger partial charge >= 0.3 is 6.03 Å². The fourth-order valence-corrected chi connectivity index (χ4v) is 1.67. The summed E-state index contributed by atoms with van der Waals surface area (Å²) in [5.41, 5.74) is 0.0346. The minimum Gasteiger partial charge on any atom is -0.507 e. The predicted molar refractivity (Wildman–Crippen MR) is 66.6 cm³/mol. The molecule has 0 aliphatic carbocycles. The molecule has 5 amide bonds. The molecule has 1 heterocycles. The number of benzene rings is 1. The van der Waals surface area contributed by atoms with E-state index in [1.54, 1.807) is 16.7 Å². The topological polar surface area (TPSA) is 148 Å². The molecule has 0 radical (unpaired) electrons. The molecular formula is C12H8N4O5. The number of rotatable bonds is 2. The van der Waals surface area contributed by atoms with Gasteiger partial charge in [0, 0.05) is 5.69 Å². The van der Waals surface area contributed by atoms with E-state index in [0.29, 0.717) is 0 Å². The zero-order chi connectivity index (χ0) is 15.6. The molecule has 0 saturated carbocycles. The highest BCUT2D eigenvalue weighted by Crippen LogP contribution is 2.21. The van der Waals surface area contributed by atoms with Crippen molar-refractivity contribution >= 4 is 29.4 Å². The monoisotopic (exact) mass is 288 g/mol. The smallest absolute Gasteiger partial charge is 0.328 e. The molecule has 1 aromatic rings. The number of nitrogens with one attached hydrogen (secondary N) is 3. The molecule has 0 bridgehead atoms. The highest BCUT2D eigenvalue weighted by Gasteiger charge is 2.39. The van der Waals surface area contributed by atoms with E-state index < -0.39 is 29.7 Å². The highest BCUT2D eigenvalue weighted by molar-refractivity contribution is 6.28. The van der Waals surface area contributed by atoms with Crippen LogP contribution in [0.5, 0.6) is 5.75 Å². The Morgan fingerprint density at radius 3 is 2.43 bits per heavy atom. The lowest BCUT2D eigenvalue weighted by Gasteiger charge is -2.19. The standard InChI is InChI=1S/C12H8N4O5/c13-4-5-3-6(1-2-7(5)17)14-9(18)8-10(19)15-12(21)16-11(8)20/h1-3,8,17H,(H,14,18)(H2,15,16,19,20,21). The van der Waals surface area contributed by atoms with Gasteiger partial charge in [-0.2, -0.15) is 5.26 Å². The number of imide groups is 2. The fraction of sp³-hybridized carbons (Fsp3) is 0.0833. The van der Waals surface area contributed by atoms with Gasteiger partial charge in [0.1, 0.15) is 11.8 Å². The zero-order valence-corrected chi connectivity index (χ0v) is 10.3. The summed E-state index contributed by atoms with van der Waals surface area (Å²) in [5, 5.41) is 23.9. The molecule has 9 nitrogen and oxygen atoms in total. The van der Waals surface area contributed by atoms with Crippen LogP contribution >= 0.6 is 0 Å². The Kier molecular flexibility index (Phi) is 3.53. The van der Waals surface area contributed by atoms with Crippen LogP contribution in [0.1, 0.15) is 5.56 Å². The van der Waals surface area contributed by atoms with Crippen LogP contribution < -0.4 is 16.0 Å². The largest absolute Gasteiger partial charge is 0.507 e. The first-order valence-electron chi connectivity index (χ1n) is 5.62. The summed E-state index contributed by atoms with van der Waals surface area (Å²) in [6.45, 7) is 0. The number of aromatic hydroxyl groups is 1. The van der Waals surface area contributed by atoms with Gasteiger partial charge in [-0.25, -0.2) is 4.79 Å². The van der Waals surface area contributed by atoms with E-state index in [1.807, 2.05) is 0 Å². The maximum absolute atomic E-state index is 11.9. The first-order chi connectivity index (χ1) is 9.92. The molecule has 4 N–H and O–H groups in total. The molecule has 0 atom stereocenters. The number of hydrogen-bond acceptors (Lipinski definition) is 6. The van der Waals surface area contributed by atoms with E-state index in [2.05, 4.69) is 5.32 Å². The lowest BCUT2D eigenvalue weighted by Crippen LogP contribution is -2.58. The van der Waals surface area contributed by atoms with Crippen LogP contribution in [-0.2, 0) is 14.4 Å². The van der Waals surface area contributed by atoms with Crippen molar-refractivity contribution in [2.45, 2.75) is 0 Å². The summed E-state index contributed by atoms with van der Waals surface area (Å²) in [7, 11) is 0. The number of nitrogens with zero attached hydrogens (tertiary/aromatic N) is 1. The molecule has 1 aliphatic heterocycles. The Hall–Kier alpha value is -3.41. The molecular weight excluding hydrogens is 280 g/mol. The van der Waals surface area contributed by atoms with Gasteiger partial charge in [0.25, 0.3) is 0 Å². The second kappa shape index (κ2) is 5.30. The van der Waals surface area contributed by atoms with E-state index >= 15 is 0 Å². The normalized spacial score (nSPS) is 14.9. The molecule has 0 aromatic heterocycles. The molecule has 9 heteroatoms. The number of carbonyl (C=O) groups excluding carboxylic acids is 4. The summed E-state index contributed by atoms with van der Waals surface area (Å²) in [6.07, 6.45) is 0. The summed E-state index contributed by atoms with van der Waals surface area (Å²) < 4.78 is 0. The van der Waals surface area contributed by atoms with Crippen LogP contribution in [0.25, 0.3) is 0 Å². The Labute approximate surface area is 117 Å². The second-order valence-electron chi connectivity index (χ2n) is 4.07. The number of nitriles is 1. The van der Waals surface area contributed by atoms with Gasteiger partial charge in [-0.1, -0.05) is 0 Å². The van der Waals surface area contributed by atoms with Gasteiger partial charge in [0.05, 0.1) is 5.56 Å². The van der Waals surface area contributed by atoms with Crippen LogP contribution in [0.4, 0.5) is 10.5 Å². The molecule has 0 spiro atoms. The average Bonchev–Trinajstić information content (AvgIpc) is 2.39. The number of urea groups is 1. The van der Waals surface area contributed by atoms with Crippen molar-refractivity contribution in [3.63, 3.8) is 0 Å². The fourth-order valence-electron chi connectivity index (χ4n) is 1.67. The van der Waals surface area contributed by atoms with E-state index in [1.165, 1.54) is 18.2 Å². The first kappa shape index (κ1) is 14.0. The van der Waals surface area contributed by atoms with Crippen LogP contribution in [0.3, 0.4) is 0 Å². The minimum atomic E-state index is -1.72. The first-order valence-corrected chi connectivity index (χ1v) is 5.62. The SMILES string of the molecule is N#Cc1cc(NC(=O)C2C(=O)NC(=O)NC2=O)ccc1O. The van der Waals surface area contributed by atoms with Gasteiger partial charge in [-0.3, -0.25) is 25.0 Å². The second-order valence-corrected chi connectivity index (χ2v) is 4.07. The predicted octanol–water partition coefficient (Wildman–Crippen LogP) is -0.815. The van der Waals surface area contributed by atoms with Crippen LogP contribution in [-0.4, -0.2) is 28.9 Å². The molecule has 2 rings (SSSR count). The Balaban J connectivity index is 2.18. The van der Waals surface area contributed by atoms with E-state index in [0.717, 1.165) is 0 Å². The Morgan fingerprint density at radius 1 is 1.24 bits per heavy atom. The number of carbonyl (C=O) groups is 4. The minimum absolute atomic E-state index is 0.0828. The van der Waals surface area contributed by atoms with E-state index in [9.17, 15) is 24.3 Å². The van der Waals surface area contributed by atoms with Crippen molar-refractivity contribution in [1.29, 1.82) is 5.26 Å². The van der Waals surface area contributed by atoms with E-state index in [4.69, 9.17) is 5.26 Å². The lowest BCUT2D eigenvalue weighted by molar-refractivity contribution is -0.141. The molecule has 1 fully saturated rings. The molecule has 1 aromatic carbocycles. The Bertz CT molecular complexity index is 686. The quantitative estimate of drug-likeness (QED) is 0.413. The van der Waals surface area contributed by atoms with E-state index in [-0.39, 0.29) is 17.0 Å². The number of phenols is 1. The Morgan fingerprint density at radius 2 is 1.86 bits per heavy atom. The summed E-state index contributed by atoms with van der Waals surface area (Å²) in [6, 6.07) is 4.36. The molecule has 0 unspecified atom stereocenters. The number of amides is 5. The number of anilines is 1. The van der Waals surface area contributed by atoms with Gasteiger partial charge in [-0.15, -0.1) is 0 Å². The highest BCUT2D eigenvalue weighted by atomic mass is 16.3. The molecule has 1 saturated heterocycles. The third-order valence-corrected chi connectivity index (χ3v) is 2.64. The number of hydrogen-bond donors (Lipinski definition) is 4. The van der Waals surface area contributed by atoms with Gasteiger partial charge in [0.15, 0.2) is 5.92 Å². The zero-order valence-electron chi connectivity index (χ0n) is 10.3. The number of barbiturate groups is 1. The average molecular weight is 288 g/mol.